The number of amides is 1. The smallest absolute Gasteiger partial charge is 0.262 e. The predicted octanol–water partition coefficient (Wildman–Crippen LogP) is 4.43. The standard InChI is InChI=1S/C15H13BrClNO2/c1-10-5-6-12(8-14(10)16)18-15(19)9-20-13-4-2-3-11(17)7-13/h2-8H,9H2,1H3,(H,18,19). The van der Waals surface area contributed by atoms with E-state index in [1.165, 1.54) is 0 Å². The summed E-state index contributed by atoms with van der Waals surface area (Å²) in [5, 5.41) is 3.34. The van der Waals surface area contributed by atoms with E-state index in [1.54, 1.807) is 24.3 Å². The second-order valence-corrected chi connectivity index (χ2v) is 5.55. The Bertz CT molecular complexity index is 631. The normalized spacial score (nSPS) is 10.2. The van der Waals surface area contributed by atoms with Gasteiger partial charge in [0, 0.05) is 15.2 Å². The number of carbonyl (C=O) groups excluding carboxylic acids is 1. The predicted molar refractivity (Wildman–Crippen MR) is 84.5 cm³/mol. The van der Waals surface area contributed by atoms with Crippen molar-refractivity contribution < 1.29 is 9.53 Å². The van der Waals surface area contributed by atoms with E-state index in [4.69, 9.17) is 16.3 Å². The maximum atomic E-state index is 11.8. The molecule has 20 heavy (non-hydrogen) atoms. The molecule has 3 nitrogen and oxygen atoms in total. The maximum absolute atomic E-state index is 11.8. The zero-order chi connectivity index (χ0) is 14.5. The molecule has 0 aromatic heterocycles. The van der Waals surface area contributed by atoms with Gasteiger partial charge in [0.15, 0.2) is 6.61 Å². The molecule has 0 aliphatic heterocycles. The van der Waals surface area contributed by atoms with E-state index in [9.17, 15) is 4.79 Å². The number of ether oxygens (including phenoxy) is 1. The summed E-state index contributed by atoms with van der Waals surface area (Å²) in [7, 11) is 0. The van der Waals surface area contributed by atoms with Crippen molar-refractivity contribution in [1.82, 2.24) is 0 Å². The number of aryl methyl sites for hydroxylation is 1. The lowest BCUT2D eigenvalue weighted by atomic mass is 10.2. The molecule has 0 saturated carbocycles. The van der Waals surface area contributed by atoms with E-state index in [2.05, 4.69) is 21.2 Å². The Balaban J connectivity index is 1.91. The number of benzene rings is 2. The number of carbonyl (C=O) groups is 1. The molecule has 5 heteroatoms. The first-order chi connectivity index (χ1) is 9.54. The monoisotopic (exact) mass is 353 g/mol. The summed E-state index contributed by atoms with van der Waals surface area (Å²) in [6.45, 7) is 1.92. The van der Waals surface area contributed by atoms with Crippen LogP contribution < -0.4 is 10.1 Å². The van der Waals surface area contributed by atoms with E-state index >= 15 is 0 Å². The fourth-order valence-corrected chi connectivity index (χ4v) is 2.13. The van der Waals surface area contributed by atoms with Gasteiger partial charge in [-0.2, -0.15) is 0 Å². The van der Waals surface area contributed by atoms with Gasteiger partial charge in [0.1, 0.15) is 5.75 Å². The third-order valence-corrected chi connectivity index (χ3v) is 3.71. The van der Waals surface area contributed by atoms with E-state index in [0.717, 1.165) is 15.7 Å². The molecule has 0 fully saturated rings. The van der Waals surface area contributed by atoms with Crippen LogP contribution in [0.15, 0.2) is 46.9 Å². The van der Waals surface area contributed by atoms with E-state index in [1.807, 2.05) is 25.1 Å². The number of nitrogens with one attached hydrogen (secondary N) is 1. The Morgan fingerprint density at radius 1 is 1.30 bits per heavy atom. The fourth-order valence-electron chi connectivity index (χ4n) is 1.57. The average molecular weight is 355 g/mol. The molecule has 1 N–H and O–H groups in total. The van der Waals surface area contributed by atoms with Crippen molar-refractivity contribution in [2.75, 3.05) is 11.9 Å². The van der Waals surface area contributed by atoms with Crippen LogP contribution in [-0.2, 0) is 4.79 Å². The summed E-state index contributed by atoms with van der Waals surface area (Å²) in [6.07, 6.45) is 0. The first-order valence-electron chi connectivity index (χ1n) is 5.99. The van der Waals surface area contributed by atoms with Crippen LogP contribution in [0.3, 0.4) is 0 Å². The number of hydrogen-bond donors (Lipinski definition) is 1. The van der Waals surface area contributed by atoms with Crippen LogP contribution >= 0.6 is 27.5 Å². The Morgan fingerprint density at radius 3 is 2.80 bits per heavy atom. The van der Waals surface area contributed by atoms with E-state index < -0.39 is 0 Å². The highest BCUT2D eigenvalue weighted by atomic mass is 79.9. The van der Waals surface area contributed by atoms with Crippen LogP contribution in [0.5, 0.6) is 5.75 Å². The molecule has 2 rings (SSSR count). The van der Waals surface area contributed by atoms with E-state index in [0.29, 0.717) is 10.8 Å². The van der Waals surface area contributed by atoms with Gasteiger partial charge in [0.05, 0.1) is 0 Å². The third kappa shape index (κ3) is 4.25. The quantitative estimate of drug-likeness (QED) is 0.882. The Labute approximate surface area is 131 Å². The van der Waals surface area contributed by atoms with Gasteiger partial charge < -0.3 is 10.1 Å². The van der Waals surface area contributed by atoms with Gasteiger partial charge in [0.25, 0.3) is 5.91 Å². The first kappa shape index (κ1) is 14.9. The molecule has 0 heterocycles. The minimum Gasteiger partial charge on any atom is -0.484 e. The molecule has 0 atom stereocenters. The Morgan fingerprint density at radius 2 is 2.10 bits per heavy atom. The number of halogens is 2. The molecule has 104 valence electrons. The third-order valence-electron chi connectivity index (χ3n) is 2.62. The Kier molecular flexibility index (Phi) is 5.04. The molecule has 1 amide bonds. The van der Waals surface area contributed by atoms with Crippen LogP contribution in [0.1, 0.15) is 5.56 Å². The van der Waals surface area contributed by atoms with Crippen LogP contribution in [-0.4, -0.2) is 12.5 Å². The molecule has 0 aliphatic rings. The summed E-state index contributed by atoms with van der Waals surface area (Å²) in [6, 6.07) is 12.6. The van der Waals surface area contributed by atoms with Gasteiger partial charge in [-0.15, -0.1) is 0 Å². The maximum Gasteiger partial charge on any atom is 0.262 e. The molecular weight excluding hydrogens is 342 g/mol. The zero-order valence-corrected chi connectivity index (χ0v) is 13.2. The van der Waals surface area contributed by atoms with Gasteiger partial charge >= 0.3 is 0 Å². The van der Waals surface area contributed by atoms with E-state index in [-0.39, 0.29) is 12.5 Å². The first-order valence-corrected chi connectivity index (χ1v) is 7.16. The van der Waals surface area contributed by atoms with Crippen molar-refractivity contribution >= 4 is 39.1 Å². The molecule has 0 saturated heterocycles. The topological polar surface area (TPSA) is 38.3 Å². The molecule has 2 aromatic rings. The van der Waals surface area contributed by atoms with Crippen molar-refractivity contribution in [1.29, 1.82) is 0 Å². The Hall–Kier alpha value is -1.52. The van der Waals surface area contributed by atoms with Crippen LogP contribution in [0.4, 0.5) is 5.69 Å². The fraction of sp³-hybridized carbons (Fsp3) is 0.133. The van der Waals surface area contributed by atoms with Crippen molar-refractivity contribution in [3.8, 4) is 5.75 Å². The second kappa shape index (κ2) is 6.77. The van der Waals surface area contributed by atoms with Crippen molar-refractivity contribution in [2.24, 2.45) is 0 Å². The lowest BCUT2D eigenvalue weighted by Gasteiger charge is -2.08. The minimum atomic E-state index is -0.222. The van der Waals surface area contributed by atoms with Crippen LogP contribution in [0.25, 0.3) is 0 Å². The van der Waals surface area contributed by atoms with Crippen molar-refractivity contribution in [2.45, 2.75) is 6.92 Å². The highest BCUT2D eigenvalue weighted by molar-refractivity contribution is 9.10. The SMILES string of the molecule is Cc1ccc(NC(=O)COc2cccc(Cl)c2)cc1Br. The summed E-state index contributed by atoms with van der Waals surface area (Å²) in [4.78, 5) is 11.8. The summed E-state index contributed by atoms with van der Waals surface area (Å²) in [5.74, 6) is 0.346. The average Bonchev–Trinajstić information content (AvgIpc) is 2.41. The molecule has 2 aromatic carbocycles. The van der Waals surface area contributed by atoms with Crippen LogP contribution in [0, 0.1) is 6.92 Å². The highest BCUT2D eigenvalue weighted by Crippen LogP contribution is 2.21. The molecule has 0 unspecified atom stereocenters. The number of anilines is 1. The van der Waals surface area contributed by atoms with Crippen molar-refractivity contribution in [3.05, 3.63) is 57.5 Å². The lowest BCUT2D eigenvalue weighted by Crippen LogP contribution is -2.20. The van der Waals surface area contributed by atoms with Gasteiger partial charge in [-0.05, 0) is 42.8 Å². The van der Waals surface area contributed by atoms with Gasteiger partial charge in [-0.25, -0.2) is 0 Å². The molecule has 0 radical (unpaired) electrons. The minimum absolute atomic E-state index is 0.0637. The number of rotatable bonds is 4. The lowest BCUT2D eigenvalue weighted by molar-refractivity contribution is -0.118. The van der Waals surface area contributed by atoms with Gasteiger partial charge in [0.2, 0.25) is 0 Å². The molecule has 0 bridgehead atoms. The largest absolute Gasteiger partial charge is 0.484 e. The molecule has 0 aliphatic carbocycles. The van der Waals surface area contributed by atoms with Crippen molar-refractivity contribution in [3.63, 3.8) is 0 Å². The zero-order valence-electron chi connectivity index (χ0n) is 10.8. The summed E-state index contributed by atoms with van der Waals surface area (Å²) < 4.78 is 6.32. The van der Waals surface area contributed by atoms with Gasteiger partial charge in [-0.1, -0.05) is 39.7 Å². The molecular formula is C15H13BrClNO2. The summed E-state index contributed by atoms with van der Waals surface area (Å²) in [5.41, 5.74) is 1.83. The van der Waals surface area contributed by atoms with Gasteiger partial charge in [-0.3, -0.25) is 4.79 Å². The van der Waals surface area contributed by atoms with Crippen LogP contribution in [0.2, 0.25) is 5.02 Å². The highest BCUT2D eigenvalue weighted by Gasteiger charge is 2.05. The number of hydrogen-bond acceptors (Lipinski definition) is 2. The molecule has 0 spiro atoms. The second-order valence-electron chi connectivity index (χ2n) is 4.26. The summed E-state index contributed by atoms with van der Waals surface area (Å²) >= 11 is 9.26.